The van der Waals surface area contributed by atoms with Gasteiger partial charge in [-0.05, 0) is 76.4 Å². The SMILES string of the molecule is Nc1cc(N2CCN(CCO)CC2)nc(NCC2CCC(CNCCCNC3CCCC3)CC2)n1. The monoisotopic (exact) mass is 488 g/mol. The Morgan fingerprint density at radius 1 is 0.914 bits per heavy atom. The molecule has 0 atom stereocenters. The number of nitrogens with one attached hydrogen (secondary N) is 3. The highest BCUT2D eigenvalue weighted by Gasteiger charge is 2.22. The third-order valence-corrected chi connectivity index (χ3v) is 8.11. The lowest BCUT2D eigenvalue weighted by Gasteiger charge is -2.35. The largest absolute Gasteiger partial charge is 0.395 e. The van der Waals surface area contributed by atoms with Crippen LogP contribution in [0, 0.1) is 11.8 Å². The van der Waals surface area contributed by atoms with E-state index in [2.05, 4.69) is 30.7 Å². The zero-order chi connectivity index (χ0) is 24.3. The smallest absolute Gasteiger partial charge is 0.226 e. The molecular formula is C26H48N8O. The minimum absolute atomic E-state index is 0.213. The van der Waals surface area contributed by atoms with Crippen LogP contribution in [0.3, 0.4) is 0 Å². The predicted octanol–water partition coefficient (Wildman–Crippen LogP) is 1.90. The highest BCUT2D eigenvalue weighted by Crippen LogP contribution is 2.29. The van der Waals surface area contributed by atoms with Crippen LogP contribution in [0.2, 0.25) is 0 Å². The Hall–Kier alpha value is -1.68. The number of piperazine rings is 1. The second-order valence-corrected chi connectivity index (χ2v) is 10.8. The predicted molar refractivity (Wildman–Crippen MR) is 144 cm³/mol. The van der Waals surface area contributed by atoms with E-state index in [9.17, 15) is 0 Å². The summed E-state index contributed by atoms with van der Waals surface area (Å²) in [5.41, 5.74) is 6.10. The molecule has 2 aliphatic carbocycles. The Morgan fingerprint density at radius 3 is 2.34 bits per heavy atom. The fourth-order valence-electron chi connectivity index (χ4n) is 5.87. The van der Waals surface area contributed by atoms with Crippen LogP contribution in [0.5, 0.6) is 0 Å². The Bertz CT molecular complexity index is 728. The Morgan fingerprint density at radius 2 is 1.63 bits per heavy atom. The van der Waals surface area contributed by atoms with E-state index in [1.807, 2.05) is 6.07 Å². The van der Waals surface area contributed by atoms with Crippen LogP contribution in [0.4, 0.5) is 17.6 Å². The van der Waals surface area contributed by atoms with Gasteiger partial charge in [-0.3, -0.25) is 4.90 Å². The lowest BCUT2D eigenvalue weighted by Crippen LogP contribution is -2.47. The van der Waals surface area contributed by atoms with Gasteiger partial charge in [-0.15, -0.1) is 0 Å². The average Bonchev–Trinajstić information content (AvgIpc) is 3.40. The second kappa shape index (κ2) is 14.2. The summed E-state index contributed by atoms with van der Waals surface area (Å²) in [6, 6.07) is 2.66. The van der Waals surface area contributed by atoms with Crippen LogP contribution in [-0.2, 0) is 0 Å². The molecule has 3 aliphatic rings. The van der Waals surface area contributed by atoms with Crippen molar-refractivity contribution >= 4 is 17.6 Å². The number of hydrogen-bond donors (Lipinski definition) is 5. The molecule has 1 aromatic rings. The lowest BCUT2D eigenvalue weighted by molar-refractivity contribution is 0.188. The summed E-state index contributed by atoms with van der Waals surface area (Å²) in [5, 5.41) is 20.0. The van der Waals surface area contributed by atoms with Crippen molar-refractivity contribution in [3.05, 3.63) is 6.07 Å². The summed E-state index contributed by atoms with van der Waals surface area (Å²) in [6.07, 6.45) is 11.9. The molecule has 2 saturated carbocycles. The van der Waals surface area contributed by atoms with Crippen molar-refractivity contribution in [2.75, 3.05) is 81.5 Å². The van der Waals surface area contributed by atoms with Gasteiger partial charge in [0.1, 0.15) is 11.6 Å². The third kappa shape index (κ3) is 8.74. The summed E-state index contributed by atoms with van der Waals surface area (Å²) in [6.45, 7) is 8.97. The van der Waals surface area contributed by atoms with E-state index in [0.717, 1.165) is 76.7 Å². The number of hydrogen-bond acceptors (Lipinski definition) is 9. The van der Waals surface area contributed by atoms with E-state index in [1.54, 1.807) is 0 Å². The molecule has 35 heavy (non-hydrogen) atoms. The van der Waals surface area contributed by atoms with Gasteiger partial charge in [0.25, 0.3) is 0 Å². The van der Waals surface area contributed by atoms with Gasteiger partial charge in [-0.1, -0.05) is 12.8 Å². The molecular weight excluding hydrogens is 440 g/mol. The normalized spacial score (nSPS) is 24.2. The van der Waals surface area contributed by atoms with Gasteiger partial charge in [-0.2, -0.15) is 9.97 Å². The molecule has 6 N–H and O–H groups in total. The first-order valence-corrected chi connectivity index (χ1v) is 14.1. The molecule has 2 heterocycles. The number of aliphatic hydroxyl groups excluding tert-OH is 1. The number of aromatic nitrogens is 2. The Labute approximate surface area is 211 Å². The van der Waals surface area contributed by atoms with Gasteiger partial charge in [0.15, 0.2) is 0 Å². The summed E-state index contributed by atoms with van der Waals surface area (Å²) < 4.78 is 0. The van der Waals surface area contributed by atoms with E-state index >= 15 is 0 Å². The molecule has 0 radical (unpaired) electrons. The number of nitrogens with two attached hydrogens (primary N) is 1. The number of aliphatic hydroxyl groups is 1. The molecule has 0 amide bonds. The van der Waals surface area contributed by atoms with Crippen molar-refractivity contribution < 1.29 is 5.11 Å². The second-order valence-electron chi connectivity index (χ2n) is 10.8. The van der Waals surface area contributed by atoms with Crippen molar-refractivity contribution in [2.45, 2.75) is 63.8 Å². The quantitative estimate of drug-likeness (QED) is 0.266. The summed E-state index contributed by atoms with van der Waals surface area (Å²) >= 11 is 0. The number of nitrogens with zero attached hydrogens (tertiary/aromatic N) is 4. The topological polar surface area (TPSA) is 115 Å². The third-order valence-electron chi connectivity index (χ3n) is 8.11. The molecule has 9 nitrogen and oxygen atoms in total. The van der Waals surface area contributed by atoms with Crippen molar-refractivity contribution in [3.63, 3.8) is 0 Å². The standard InChI is InChI=1S/C26H48N8O/c27-24-18-25(34-14-12-33(13-15-34)16-17-35)32-26(31-24)30-20-22-8-6-21(7-9-22)19-28-10-3-11-29-23-4-1-2-5-23/h18,21-23,28-29,35H,1-17,19-20H2,(H3,27,30,31,32). The minimum atomic E-state index is 0.213. The summed E-state index contributed by atoms with van der Waals surface area (Å²) in [5.74, 6) is 3.55. The molecule has 198 valence electrons. The molecule has 0 unspecified atom stereocenters. The molecule has 0 spiro atoms. The zero-order valence-electron chi connectivity index (χ0n) is 21.6. The van der Waals surface area contributed by atoms with E-state index < -0.39 is 0 Å². The van der Waals surface area contributed by atoms with E-state index in [4.69, 9.17) is 15.8 Å². The van der Waals surface area contributed by atoms with Crippen LogP contribution in [0.25, 0.3) is 0 Å². The number of β-amino-alcohol motifs (C(OH)–C–C–N with tert-alkyl or cyclic N) is 1. The van der Waals surface area contributed by atoms with Crippen LogP contribution >= 0.6 is 0 Å². The molecule has 0 bridgehead atoms. The van der Waals surface area contributed by atoms with Crippen molar-refractivity contribution in [2.24, 2.45) is 11.8 Å². The van der Waals surface area contributed by atoms with Gasteiger partial charge in [-0.25, -0.2) is 0 Å². The molecule has 1 aromatic heterocycles. The fourth-order valence-corrected chi connectivity index (χ4v) is 5.87. The molecule has 1 saturated heterocycles. The lowest BCUT2D eigenvalue weighted by atomic mass is 9.82. The van der Waals surface area contributed by atoms with E-state index in [-0.39, 0.29) is 6.61 Å². The Kier molecular flexibility index (Phi) is 10.7. The van der Waals surface area contributed by atoms with Gasteiger partial charge < -0.3 is 31.7 Å². The van der Waals surface area contributed by atoms with Gasteiger partial charge in [0, 0.05) is 51.4 Å². The Balaban J connectivity index is 1.10. The summed E-state index contributed by atoms with van der Waals surface area (Å²) in [7, 11) is 0. The maximum Gasteiger partial charge on any atom is 0.226 e. The van der Waals surface area contributed by atoms with Crippen LogP contribution in [0.15, 0.2) is 6.07 Å². The fraction of sp³-hybridized carbons (Fsp3) is 0.846. The van der Waals surface area contributed by atoms with Crippen molar-refractivity contribution in [1.29, 1.82) is 0 Å². The van der Waals surface area contributed by atoms with E-state index in [0.29, 0.717) is 17.7 Å². The van der Waals surface area contributed by atoms with Crippen LogP contribution < -0.4 is 26.6 Å². The molecule has 1 aliphatic heterocycles. The first-order chi connectivity index (χ1) is 17.2. The van der Waals surface area contributed by atoms with Gasteiger partial charge in [0.2, 0.25) is 5.95 Å². The van der Waals surface area contributed by atoms with Crippen LogP contribution in [0.1, 0.15) is 57.8 Å². The van der Waals surface area contributed by atoms with Gasteiger partial charge >= 0.3 is 0 Å². The highest BCUT2D eigenvalue weighted by atomic mass is 16.3. The molecule has 3 fully saturated rings. The first kappa shape index (κ1) is 26.4. The van der Waals surface area contributed by atoms with Crippen molar-refractivity contribution in [1.82, 2.24) is 25.5 Å². The average molecular weight is 489 g/mol. The summed E-state index contributed by atoms with van der Waals surface area (Å²) in [4.78, 5) is 13.7. The number of nitrogen functional groups attached to an aromatic ring is 1. The number of rotatable bonds is 13. The first-order valence-electron chi connectivity index (χ1n) is 14.1. The maximum absolute atomic E-state index is 9.15. The van der Waals surface area contributed by atoms with Gasteiger partial charge in [0.05, 0.1) is 6.61 Å². The molecule has 0 aromatic carbocycles. The van der Waals surface area contributed by atoms with E-state index in [1.165, 1.54) is 57.8 Å². The number of anilines is 3. The molecule has 4 rings (SSSR count). The maximum atomic E-state index is 9.15. The minimum Gasteiger partial charge on any atom is -0.395 e. The highest BCUT2D eigenvalue weighted by molar-refractivity contribution is 5.51. The zero-order valence-corrected chi connectivity index (χ0v) is 21.6. The van der Waals surface area contributed by atoms with Crippen LogP contribution in [-0.4, -0.2) is 91.5 Å². The van der Waals surface area contributed by atoms with Crippen molar-refractivity contribution in [3.8, 4) is 0 Å². The molecule has 9 heteroatoms.